The number of anilines is 2. The Kier molecular flexibility index (Phi) is 10.3. The van der Waals surface area contributed by atoms with Crippen LogP contribution in [0.2, 0.25) is 0 Å². The van der Waals surface area contributed by atoms with Gasteiger partial charge in [0, 0.05) is 63.8 Å². The van der Waals surface area contributed by atoms with Crippen LogP contribution in [0.1, 0.15) is 32.6 Å². The van der Waals surface area contributed by atoms with Gasteiger partial charge in [0.05, 0.1) is 30.4 Å². The van der Waals surface area contributed by atoms with Gasteiger partial charge in [0.25, 0.3) is 0 Å². The van der Waals surface area contributed by atoms with Crippen molar-refractivity contribution in [2.75, 3.05) is 49.1 Å². The molecule has 1 unspecified atom stereocenters. The van der Waals surface area contributed by atoms with Crippen LogP contribution in [0.3, 0.4) is 0 Å². The molecule has 236 valence electrons. The molecule has 1 aromatic carbocycles. The zero-order chi connectivity index (χ0) is 31.9. The molecule has 5 rings (SSSR count). The summed E-state index contributed by atoms with van der Waals surface area (Å²) in [6.45, 7) is 2.62. The predicted molar refractivity (Wildman–Crippen MR) is 156 cm³/mol. The molecule has 0 bridgehead atoms. The molecule has 2 saturated heterocycles. The van der Waals surface area contributed by atoms with E-state index in [9.17, 15) is 14.4 Å². The topological polar surface area (TPSA) is 167 Å². The summed E-state index contributed by atoms with van der Waals surface area (Å²) in [4.78, 5) is 54.1. The fourth-order valence-corrected chi connectivity index (χ4v) is 5.74. The van der Waals surface area contributed by atoms with Crippen LogP contribution in [-0.2, 0) is 19.1 Å². The number of nitrogens with two attached hydrogens (primary N) is 1. The van der Waals surface area contributed by atoms with Crippen LogP contribution in [0.25, 0.3) is 6.20 Å². The Labute approximate surface area is 252 Å². The molecular formula is C29H36F2N8O5. The van der Waals surface area contributed by atoms with Crippen molar-refractivity contribution < 1.29 is 32.7 Å². The lowest BCUT2D eigenvalue weighted by Gasteiger charge is -2.40. The van der Waals surface area contributed by atoms with Gasteiger partial charge in [-0.05, 0) is 12.8 Å². The first-order valence-electron chi connectivity index (χ1n) is 14.3. The fraction of sp³-hybridized carbons (Fsp3) is 0.448. The molecule has 15 heteroatoms. The number of cyclic esters (lactones) is 1. The summed E-state index contributed by atoms with van der Waals surface area (Å²) in [5, 5.41) is 10.6. The van der Waals surface area contributed by atoms with Crippen molar-refractivity contribution >= 4 is 41.9 Å². The third-order valence-electron chi connectivity index (χ3n) is 7.91. The molecule has 1 aliphatic carbocycles. The van der Waals surface area contributed by atoms with Crippen molar-refractivity contribution in [2.45, 2.75) is 38.7 Å². The molecule has 2 aromatic rings. The number of carbonyl (C=O) groups is 4. The second-order valence-corrected chi connectivity index (χ2v) is 10.8. The van der Waals surface area contributed by atoms with Crippen LogP contribution in [0.4, 0.5) is 25.0 Å². The zero-order valence-corrected chi connectivity index (χ0v) is 24.4. The minimum absolute atomic E-state index is 0.00950. The molecule has 1 saturated carbocycles. The molecule has 0 radical (unpaired) electrons. The summed E-state index contributed by atoms with van der Waals surface area (Å²) in [5.74, 6) is -1.91. The standard InChI is InChI=1S/C28H33F2N7O4.CH3NO/c1-19(38)33-16-21-18-37(27(40)41-21)20-14-22(29)25(23(30)15-20)35-10-12-36(13-11-35)26(39)28(4-2-3-5-28)6-8-34-9-7-32-17-24(34)31;2-1-3/h6-9,14-15,17,21,31H,2-5,10-13,16,18H2,1H3,(H,33,38);1H,(H2,2,3)/b8-6+,31-24?;. The Hall–Kier alpha value is -4.82. The molecular weight excluding hydrogens is 578 g/mol. The van der Waals surface area contributed by atoms with E-state index in [4.69, 9.17) is 14.9 Å². The minimum atomic E-state index is -0.811. The number of nitrogens with zero attached hydrogens (tertiary/aromatic N) is 5. The lowest BCUT2D eigenvalue weighted by Crippen LogP contribution is -2.52. The van der Waals surface area contributed by atoms with Crippen molar-refractivity contribution in [3.63, 3.8) is 0 Å². The highest BCUT2D eigenvalue weighted by Crippen LogP contribution is 2.42. The van der Waals surface area contributed by atoms with E-state index in [1.54, 1.807) is 33.0 Å². The molecule has 1 aromatic heterocycles. The normalized spacial score (nSPS) is 19.4. The van der Waals surface area contributed by atoms with Gasteiger partial charge in [-0.1, -0.05) is 18.9 Å². The van der Waals surface area contributed by atoms with Crippen LogP contribution in [0, 0.1) is 22.5 Å². The lowest BCUT2D eigenvalue weighted by molar-refractivity contribution is -0.139. The summed E-state index contributed by atoms with van der Waals surface area (Å²) in [7, 11) is 0. The first kappa shape index (κ1) is 32.1. The average Bonchev–Trinajstić information content (AvgIpc) is 3.63. The van der Waals surface area contributed by atoms with E-state index in [1.807, 2.05) is 6.08 Å². The quantitative estimate of drug-likeness (QED) is 0.398. The van der Waals surface area contributed by atoms with Crippen molar-refractivity contribution in [2.24, 2.45) is 11.1 Å². The van der Waals surface area contributed by atoms with Gasteiger partial charge in [0.1, 0.15) is 17.3 Å². The van der Waals surface area contributed by atoms with Gasteiger partial charge in [0.15, 0.2) is 11.6 Å². The molecule has 3 heterocycles. The Balaban J connectivity index is 0.00000141. The fourth-order valence-electron chi connectivity index (χ4n) is 5.74. The highest BCUT2D eigenvalue weighted by molar-refractivity contribution is 5.90. The Morgan fingerprint density at radius 2 is 1.82 bits per heavy atom. The lowest BCUT2D eigenvalue weighted by atomic mass is 9.84. The van der Waals surface area contributed by atoms with Gasteiger partial charge in [-0.2, -0.15) is 0 Å². The number of amides is 4. The second kappa shape index (κ2) is 14.1. The molecule has 0 spiro atoms. The summed E-state index contributed by atoms with van der Waals surface area (Å²) < 4.78 is 37.3. The van der Waals surface area contributed by atoms with E-state index in [-0.39, 0.29) is 61.3 Å². The zero-order valence-electron chi connectivity index (χ0n) is 24.4. The summed E-state index contributed by atoms with van der Waals surface area (Å²) in [5.41, 5.74) is 3.53. The summed E-state index contributed by atoms with van der Waals surface area (Å²) in [6.07, 6.45) is 10.4. The van der Waals surface area contributed by atoms with Gasteiger partial charge in [-0.3, -0.25) is 29.7 Å². The number of piperazine rings is 1. The van der Waals surface area contributed by atoms with Crippen molar-refractivity contribution in [3.05, 3.63) is 53.9 Å². The minimum Gasteiger partial charge on any atom is -0.442 e. The van der Waals surface area contributed by atoms with Crippen molar-refractivity contribution in [1.29, 1.82) is 5.41 Å². The van der Waals surface area contributed by atoms with Gasteiger partial charge < -0.3 is 30.2 Å². The number of benzene rings is 1. The maximum atomic E-state index is 15.3. The largest absolute Gasteiger partial charge is 0.442 e. The van der Waals surface area contributed by atoms with Gasteiger partial charge in [-0.25, -0.2) is 13.6 Å². The van der Waals surface area contributed by atoms with Crippen LogP contribution >= 0.6 is 0 Å². The van der Waals surface area contributed by atoms with Crippen LogP contribution in [-0.4, -0.2) is 84.1 Å². The van der Waals surface area contributed by atoms with Crippen molar-refractivity contribution in [1.82, 2.24) is 19.8 Å². The monoisotopic (exact) mass is 614 g/mol. The molecule has 3 aliphatic rings. The number of ether oxygens (including phenoxy) is 1. The second-order valence-electron chi connectivity index (χ2n) is 10.8. The number of primary amides is 1. The summed E-state index contributed by atoms with van der Waals surface area (Å²) >= 11 is 0. The molecule has 44 heavy (non-hydrogen) atoms. The number of nitrogens with one attached hydrogen (secondary N) is 2. The molecule has 13 nitrogen and oxygen atoms in total. The average molecular weight is 615 g/mol. The number of halogens is 2. The van der Waals surface area contributed by atoms with E-state index in [0.717, 1.165) is 29.9 Å². The Bertz CT molecular complexity index is 1440. The van der Waals surface area contributed by atoms with E-state index in [1.165, 1.54) is 13.1 Å². The molecule has 4 amide bonds. The van der Waals surface area contributed by atoms with Crippen LogP contribution in [0.15, 0.2) is 36.8 Å². The molecule has 4 N–H and O–H groups in total. The first-order chi connectivity index (χ1) is 21.1. The van der Waals surface area contributed by atoms with Crippen LogP contribution < -0.4 is 26.3 Å². The molecule has 3 fully saturated rings. The Morgan fingerprint density at radius 3 is 2.41 bits per heavy atom. The number of hydrogen-bond acceptors (Lipinski definition) is 8. The molecule has 1 atom stereocenters. The third kappa shape index (κ3) is 7.21. The van der Waals surface area contributed by atoms with E-state index in [0.29, 0.717) is 25.9 Å². The maximum absolute atomic E-state index is 15.3. The highest BCUT2D eigenvalue weighted by atomic mass is 19.1. The summed E-state index contributed by atoms with van der Waals surface area (Å²) in [6, 6.07) is 2.21. The highest BCUT2D eigenvalue weighted by Gasteiger charge is 2.42. The molecule has 2 aliphatic heterocycles. The number of carbonyl (C=O) groups excluding carboxylic acids is 4. The van der Waals surface area contributed by atoms with Gasteiger partial charge >= 0.3 is 6.09 Å². The van der Waals surface area contributed by atoms with Gasteiger partial charge in [-0.15, -0.1) is 0 Å². The van der Waals surface area contributed by atoms with Crippen molar-refractivity contribution in [3.8, 4) is 0 Å². The van der Waals surface area contributed by atoms with Gasteiger partial charge in [0.2, 0.25) is 18.2 Å². The maximum Gasteiger partial charge on any atom is 0.414 e. The van der Waals surface area contributed by atoms with Crippen LogP contribution in [0.5, 0.6) is 0 Å². The number of hydrogen-bond donors (Lipinski definition) is 3. The SMILES string of the molecule is CC(=O)NCC1CN(c2cc(F)c(N3CCN(C(=O)C4(/C=C/n5ccncc5=N)CCCC4)CC3)c(F)c2)C(=O)O1.NC=O. The Morgan fingerprint density at radius 1 is 1.18 bits per heavy atom. The third-order valence-corrected chi connectivity index (χ3v) is 7.91. The predicted octanol–water partition coefficient (Wildman–Crippen LogP) is 1.58. The number of aromatic nitrogens is 2. The van der Waals surface area contributed by atoms with E-state index in [2.05, 4.69) is 16.0 Å². The van der Waals surface area contributed by atoms with E-state index < -0.39 is 29.2 Å². The first-order valence-corrected chi connectivity index (χ1v) is 14.3. The number of rotatable bonds is 7. The van der Waals surface area contributed by atoms with E-state index >= 15 is 8.78 Å². The smallest absolute Gasteiger partial charge is 0.414 e.